The van der Waals surface area contributed by atoms with E-state index in [0.717, 1.165) is 25.1 Å². The molecule has 2 atom stereocenters. The Labute approximate surface area is 128 Å². The molecule has 0 bridgehead atoms. The molecule has 0 fully saturated rings. The van der Waals surface area contributed by atoms with E-state index < -0.39 is 0 Å². The number of hydrogen-bond acceptors (Lipinski definition) is 2. The van der Waals surface area contributed by atoms with Crippen molar-refractivity contribution in [3.05, 3.63) is 30.0 Å². The van der Waals surface area contributed by atoms with Crippen molar-refractivity contribution in [2.24, 2.45) is 5.92 Å². The largest absolute Gasteiger partial charge is 0.392 e. The van der Waals surface area contributed by atoms with Crippen molar-refractivity contribution in [2.75, 3.05) is 0 Å². The maximum absolute atomic E-state index is 10.6. The highest BCUT2D eigenvalue weighted by atomic mass is 16.3. The average molecular weight is 288 g/mol. The van der Waals surface area contributed by atoms with Gasteiger partial charge < -0.3 is 5.11 Å². The van der Waals surface area contributed by atoms with Gasteiger partial charge in [-0.3, -0.25) is 4.68 Å². The summed E-state index contributed by atoms with van der Waals surface area (Å²) in [4.78, 5) is 0. The summed E-state index contributed by atoms with van der Waals surface area (Å²) < 4.78 is 2.03. The maximum Gasteiger partial charge on any atom is 0.0729 e. The number of fused-ring (bicyclic) bond motifs is 1. The first-order valence-electron chi connectivity index (χ1n) is 8.33. The Bertz CT molecular complexity index is 561. The molecule has 0 saturated carbocycles. The number of para-hydroxylation sites is 1. The number of unbranched alkanes of at least 4 members (excludes halogenated alkanes) is 1. The maximum atomic E-state index is 10.6. The number of benzene rings is 1. The van der Waals surface area contributed by atoms with Gasteiger partial charge in [0.05, 0.1) is 17.3 Å². The third-order valence-corrected chi connectivity index (χ3v) is 4.43. The van der Waals surface area contributed by atoms with Gasteiger partial charge in [-0.2, -0.15) is 5.10 Å². The molecule has 2 unspecified atom stereocenters. The van der Waals surface area contributed by atoms with E-state index in [-0.39, 0.29) is 6.10 Å². The molecule has 21 heavy (non-hydrogen) atoms. The second-order valence-corrected chi connectivity index (χ2v) is 5.86. The number of rotatable bonds is 8. The third-order valence-electron chi connectivity index (χ3n) is 4.43. The van der Waals surface area contributed by atoms with Crippen LogP contribution >= 0.6 is 0 Å². The van der Waals surface area contributed by atoms with Gasteiger partial charge in [0.2, 0.25) is 0 Å². The van der Waals surface area contributed by atoms with Crippen molar-refractivity contribution in [3.8, 4) is 0 Å². The van der Waals surface area contributed by atoms with Crippen LogP contribution in [0, 0.1) is 5.92 Å². The molecule has 1 aromatic heterocycles. The molecule has 0 amide bonds. The second kappa shape index (κ2) is 7.60. The van der Waals surface area contributed by atoms with E-state index in [4.69, 9.17) is 5.10 Å². The van der Waals surface area contributed by atoms with E-state index in [1.54, 1.807) is 0 Å². The fourth-order valence-corrected chi connectivity index (χ4v) is 3.09. The SMILES string of the molecule is CCCCC(CC)C(O)Cc1nn(CC)c2ccccc12. The molecule has 1 heterocycles. The van der Waals surface area contributed by atoms with Gasteiger partial charge >= 0.3 is 0 Å². The minimum Gasteiger partial charge on any atom is -0.392 e. The first-order chi connectivity index (χ1) is 10.2. The van der Waals surface area contributed by atoms with Crippen LogP contribution in [0.1, 0.15) is 52.1 Å². The van der Waals surface area contributed by atoms with Crippen molar-refractivity contribution in [3.63, 3.8) is 0 Å². The molecule has 3 heteroatoms. The first-order valence-corrected chi connectivity index (χ1v) is 8.33. The van der Waals surface area contributed by atoms with Crippen LogP contribution in [0.3, 0.4) is 0 Å². The Morgan fingerprint density at radius 2 is 1.95 bits per heavy atom. The lowest BCUT2D eigenvalue weighted by Gasteiger charge is -2.20. The van der Waals surface area contributed by atoms with Crippen LogP contribution in [0.25, 0.3) is 10.9 Å². The Hall–Kier alpha value is -1.35. The van der Waals surface area contributed by atoms with Gasteiger partial charge in [-0.25, -0.2) is 0 Å². The van der Waals surface area contributed by atoms with Gasteiger partial charge in [0.15, 0.2) is 0 Å². The molecule has 1 N–H and O–H groups in total. The molecule has 116 valence electrons. The summed E-state index contributed by atoms with van der Waals surface area (Å²) in [6, 6.07) is 8.32. The van der Waals surface area contributed by atoms with Crippen LogP contribution in [0.15, 0.2) is 24.3 Å². The summed E-state index contributed by atoms with van der Waals surface area (Å²) in [5.74, 6) is 0.385. The Morgan fingerprint density at radius 1 is 1.19 bits per heavy atom. The molecule has 0 spiro atoms. The van der Waals surface area contributed by atoms with E-state index >= 15 is 0 Å². The van der Waals surface area contributed by atoms with Crippen LogP contribution in [-0.2, 0) is 13.0 Å². The monoisotopic (exact) mass is 288 g/mol. The zero-order valence-electron chi connectivity index (χ0n) is 13.5. The first kappa shape index (κ1) is 16.0. The van der Waals surface area contributed by atoms with Crippen molar-refractivity contribution in [1.82, 2.24) is 9.78 Å². The molecule has 0 aliphatic heterocycles. The lowest BCUT2D eigenvalue weighted by Crippen LogP contribution is -2.23. The van der Waals surface area contributed by atoms with Crippen LogP contribution in [0.5, 0.6) is 0 Å². The summed E-state index contributed by atoms with van der Waals surface area (Å²) in [5, 5.41) is 16.5. The number of aromatic nitrogens is 2. The summed E-state index contributed by atoms with van der Waals surface area (Å²) >= 11 is 0. The normalized spacial score (nSPS) is 14.5. The Balaban J connectivity index is 2.18. The zero-order valence-corrected chi connectivity index (χ0v) is 13.5. The molecule has 2 rings (SSSR count). The van der Waals surface area contributed by atoms with E-state index in [1.165, 1.54) is 23.7 Å². The van der Waals surface area contributed by atoms with Gasteiger partial charge in [0.25, 0.3) is 0 Å². The minimum absolute atomic E-state index is 0.287. The molecule has 2 aromatic rings. The molecule has 0 aliphatic rings. The number of aliphatic hydroxyl groups excluding tert-OH is 1. The summed E-state index contributed by atoms with van der Waals surface area (Å²) in [6.07, 6.45) is 4.91. The predicted molar refractivity (Wildman–Crippen MR) is 88.4 cm³/mol. The Morgan fingerprint density at radius 3 is 2.62 bits per heavy atom. The van der Waals surface area contributed by atoms with Crippen molar-refractivity contribution in [1.29, 1.82) is 0 Å². The van der Waals surface area contributed by atoms with E-state index in [2.05, 4.69) is 32.9 Å². The molecule has 1 aromatic carbocycles. The molecule has 3 nitrogen and oxygen atoms in total. The minimum atomic E-state index is -0.287. The van der Waals surface area contributed by atoms with Crippen molar-refractivity contribution < 1.29 is 5.11 Å². The van der Waals surface area contributed by atoms with Crippen molar-refractivity contribution >= 4 is 10.9 Å². The zero-order chi connectivity index (χ0) is 15.2. The van der Waals surface area contributed by atoms with Crippen LogP contribution in [0.4, 0.5) is 0 Å². The highest BCUT2D eigenvalue weighted by Gasteiger charge is 2.20. The van der Waals surface area contributed by atoms with Gasteiger partial charge in [-0.15, -0.1) is 0 Å². The Kier molecular flexibility index (Phi) is 5.80. The number of hydrogen-bond donors (Lipinski definition) is 1. The molecular weight excluding hydrogens is 260 g/mol. The molecular formula is C18H28N2O. The van der Waals surface area contributed by atoms with Gasteiger partial charge in [0, 0.05) is 18.4 Å². The second-order valence-electron chi connectivity index (χ2n) is 5.86. The standard InChI is InChI=1S/C18H28N2O/c1-4-7-10-14(5-2)18(21)13-16-15-11-8-9-12-17(15)20(6-3)19-16/h8-9,11-12,14,18,21H,4-7,10,13H2,1-3H3. The predicted octanol–water partition coefficient (Wildman–Crippen LogP) is 4.18. The highest BCUT2D eigenvalue weighted by molar-refractivity contribution is 5.82. The topological polar surface area (TPSA) is 38.1 Å². The van der Waals surface area contributed by atoms with Gasteiger partial charge in [0.1, 0.15) is 0 Å². The van der Waals surface area contributed by atoms with E-state index in [9.17, 15) is 5.11 Å². The van der Waals surface area contributed by atoms with Crippen LogP contribution < -0.4 is 0 Å². The van der Waals surface area contributed by atoms with Crippen LogP contribution in [-0.4, -0.2) is 21.0 Å². The molecule has 0 aliphatic carbocycles. The van der Waals surface area contributed by atoms with E-state index in [0.29, 0.717) is 12.3 Å². The summed E-state index contributed by atoms with van der Waals surface area (Å²) in [7, 11) is 0. The molecule has 0 radical (unpaired) electrons. The van der Waals surface area contributed by atoms with Crippen molar-refractivity contribution in [2.45, 2.75) is 65.5 Å². The highest BCUT2D eigenvalue weighted by Crippen LogP contribution is 2.24. The number of aliphatic hydroxyl groups is 1. The smallest absolute Gasteiger partial charge is 0.0729 e. The number of aryl methyl sites for hydroxylation is 1. The third kappa shape index (κ3) is 3.65. The lowest BCUT2D eigenvalue weighted by molar-refractivity contribution is 0.0979. The van der Waals surface area contributed by atoms with Gasteiger partial charge in [-0.1, -0.05) is 51.3 Å². The van der Waals surface area contributed by atoms with E-state index in [1.807, 2.05) is 16.8 Å². The van der Waals surface area contributed by atoms with Crippen LogP contribution in [0.2, 0.25) is 0 Å². The van der Waals surface area contributed by atoms with Gasteiger partial charge in [-0.05, 0) is 25.3 Å². The number of nitrogens with zero attached hydrogens (tertiary/aromatic N) is 2. The lowest BCUT2D eigenvalue weighted by atomic mass is 9.90. The summed E-state index contributed by atoms with van der Waals surface area (Å²) in [6.45, 7) is 7.35. The quantitative estimate of drug-likeness (QED) is 0.791. The fraction of sp³-hybridized carbons (Fsp3) is 0.611. The molecule has 0 saturated heterocycles. The summed E-state index contributed by atoms with van der Waals surface area (Å²) in [5.41, 5.74) is 2.21. The average Bonchev–Trinajstić information content (AvgIpc) is 2.86. The fourth-order valence-electron chi connectivity index (χ4n) is 3.09.